The molecular weight excluding hydrogens is 328 g/mol. The third kappa shape index (κ3) is 6.74. The Kier molecular flexibility index (Phi) is 10.3. The molecule has 2 atom stereocenters. The predicted octanol–water partition coefficient (Wildman–Crippen LogP) is 6.84. The van der Waals surface area contributed by atoms with Gasteiger partial charge >= 0.3 is 0 Å². The second-order valence-electron chi connectivity index (χ2n) is 10.3. The van der Waals surface area contributed by atoms with Gasteiger partial charge in [-0.05, 0) is 89.3 Å². The van der Waals surface area contributed by atoms with Crippen LogP contribution in [0.1, 0.15) is 107 Å². The summed E-state index contributed by atoms with van der Waals surface area (Å²) in [6.45, 7) is 26.4. The van der Waals surface area contributed by atoms with E-state index in [4.69, 9.17) is 0 Å². The lowest BCUT2D eigenvalue weighted by Crippen LogP contribution is -2.51. The molecule has 0 aliphatic carbocycles. The molecular formula is C25H52N2. The zero-order chi connectivity index (χ0) is 20.7. The second-order valence-corrected chi connectivity index (χ2v) is 10.3. The lowest BCUT2D eigenvalue weighted by atomic mass is 9.67. The Labute approximate surface area is 172 Å². The van der Waals surface area contributed by atoms with Crippen LogP contribution in [0.15, 0.2) is 0 Å². The van der Waals surface area contributed by atoms with Crippen molar-refractivity contribution in [3.05, 3.63) is 0 Å². The molecule has 0 bridgehead atoms. The fourth-order valence-corrected chi connectivity index (χ4v) is 6.15. The fourth-order valence-electron chi connectivity index (χ4n) is 6.15. The quantitative estimate of drug-likeness (QED) is 0.455. The summed E-state index contributed by atoms with van der Waals surface area (Å²) in [7, 11) is 0. The van der Waals surface area contributed by atoms with Crippen molar-refractivity contribution in [1.29, 1.82) is 0 Å². The van der Waals surface area contributed by atoms with Gasteiger partial charge in [0.15, 0.2) is 0 Å². The Morgan fingerprint density at radius 3 is 2.00 bits per heavy atom. The van der Waals surface area contributed by atoms with Crippen LogP contribution in [0.4, 0.5) is 0 Å². The Morgan fingerprint density at radius 2 is 1.52 bits per heavy atom. The molecule has 2 aliphatic rings. The first kappa shape index (κ1) is 25.0. The fraction of sp³-hybridized carbons (Fsp3) is 1.00. The Morgan fingerprint density at radius 1 is 0.926 bits per heavy atom. The van der Waals surface area contributed by atoms with E-state index < -0.39 is 0 Å². The van der Waals surface area contributed by atoms with E-state index in [1.807, 2.05) is 13.8 Å². The number of piperidine rings is 1. The highest BCUT2D eigenvalue weighted by molar-refractivity contribution is 4.98. The number of nitrogens with zero attached hydrogens (tertiary/aromatic N) is 2. The van der Waals surface area contributed by atoms with Crippen LogP contribution >= 0.6 is 0 Å². The van der Waals surface area contributed by atoms with Crippen LogP contribution in [0.3, 0.4) is 0 Å². The van der Waals surface area contributed by atoms with Crippen molar-refractivity contribution < 1.29 is 0 Å². The molecule has 0 N–H and O–H groups in total. The van der Waals surface area contributed by atoms with Crippen molar-refractivity contribution in [2.24, 2.45) is 17.3 Å². The molecule has 0 spiro atoms. The third-order valence-corrected chi connectivity index (χ3v) is 7.47. The van der Waals surface area contributed by atoms with Gasteiger partial charge in [-0.25, -0.2) is 0 Å². The van der Waals surface area contributed by atoms with Crippen molar-refractivity contribution in [2.45, 2.75) is 119 Å². The minimum absolute atomic E-state index is 0.328. The van der Waals surface area contributed by atoms with Crippen LogP contribution in [-0.2, 0) is 0 Å². The van der Waals surface area contributed by atoms with Crippen molar-refractivity contribution in [3.63, 3.8) is 0 Å². The molecule has 2 heterocycles. The van der Waals surface area contributed by atoms with E-state index in [1.165, 1.54) is 71.1 Å². The third-order valence-electron chi connectivity index (χ3n) is 7.47. The summed E-state index contributed by atoms with van der Waals surface area (Å²) in [5.41, 5.74) is 0.777. The Balaban J connectivity index is 0.00000176. The van der Waals surface area contributed by atoms with Crippen LogP contribution in [0.5, 0.6) is 0 Å². The van der Waals surface area contributed by atoms with Crippen LogP contribution in [0, 0.1) is 17.3 Å². The highest BCUT2D eigenvalue weighted by atomic mass is 15.2. The van der Waals surface area contributed by atoms with Gasteiger partial charge in [0.2, 0.25) is 0 Å². The van der Waals surface area contributed by atoms with Crippen LogP contribution in [-0.4, -0.2) is 47.6 Å². The number of hydrogen-bond donors (Lipinski definition) is 0. The normalized spacial score (nSPS) is 26.1. The summed E-state index contributed by atoms with van der Waals surface area (Å²) in [6, 6.07) is 0.810. The molecule has 0 amide bonds. The average Bonchev–Trinajstić information content (AvgIpc) is 3.07. The number of rotatable bonds is 8. The number of hydrogen-bond acceptors (Lipinski definition) is 2. The zero-order valence-electron chi connectivity index (χ0n) is 20.4. The summed E-state index contributed by atoms with van der Waals surface area (Å²) in [4.78, 5) is 5.52. The van der Waals surface area contributed by atoms with Crippen molar-refractivity contribution >= 4 is 0 Å². The second kappa shape index (κ2) is 11.2. The first-order chi connectivity index (χ1) is 12.7. The van der Waals surface area contributed by atoms with Gasteiger partial charge in [0.25, 0.3) is 0 Å². The minimum atomic E-state index is 0.328. The molecule has 2 fully saturated rings. The van der Waals surface area contributed by atoms with E-state index in [0.717, 1.165) is 17.9 Å². The first-order valence-electron chi connectivity index (χ1n) is 12.2. The SMILES string of the molecule is CC.CCC[C@H]1C[C@@H](CC)N(C(C)(C)CC(C)(C)C2CCN(CC)CC2)C1. The van der Waals surface area contributed by atoms with Gasteiger partial charge in [-0.2, -0.15) is 0 Å². The first-order valence-corrected chi connectivity index (χ1v) is 12.2. The molecule has 0 aromatic heterocycles. The van der Waals surface area contributed by atoms with E-state index in [9.17, 15) is 0 Å². The highest BCUT2D eigenvalue weighted by Gasteiger charge is 2.43. The molecule has 2 rings (SSSR count). The topological polar surface area (TPSA) is 6.48 Å². The summed E-state index contributed by atoms with van der Waals surface area (Å²) in [5.74, 6) is 1.83. The molecule has 0 aromatic rings. The van der Waals surface area contributed by atoms with Gasteiger partial charge < -0.3 is 4.90 Å². The predicted molar refractivity (Wildman–Crippen MR) is 122 cm³/mol. The molecule has 2 saturated heterocycles. The van der Waals surface area contributed by atoms with Gasteiger partial charge in [-0.1, -0.05) is 54.9 Å². The molecule has 0 unspecified atom stereocenters. The lowest BCUT2D eigenvalue weighted by Gasteiger charge is -2.48. The summed E-state index contributed by atoms with van der Waals surface area (Å²) in [6.07, 6.45) is 9.65. The summed E-state index contributed by atoms with van der Waals surface area (Å²) in [5, 5.41) is 0. The maximum Gasteiger partial charge on any atom is 0.0161 e. The van der Waals surface area contributed by atoms with Gasteiger partial charge in [0, 0.05) is 18.1 Å². The van der Waals surface area contributed by atoms with Crippen LogP contribution in [0.25, 0.3) is 0 Å². The van der Waals surface area contributed by atoms with Crippen LogP contribution < -0.4 is 0 Å². The largest absolute Gasteiger partial charge is 0.304 e. The standard InChI is InChI=1S/C23H46N2.C2H6/c1-8-11-19-16-21(9-2)25(17-19)23(6,7)18-22(4,5)20-12-14-24(10-3)15-13-20;1-2/h19-21H,8-18H2,1-7H3;1-2H3/t19-,21+;/m0./s1. The number of likely N-dealkylation sites (tertiary alicyclic amines) is 2. The van der Waals surface area contributed by atoms with Crippen molar-refractivity contribution in [1.82, 2.24) is 9.80 Å². The Bertz CT molecular complexity index is 393. The Hall–Kier alpha value is -0.0800. The molecule has 2 nitrogen and oxygen atoms in total. The van der Waals surface area contributed by atoms with Crippen molar-refractivity contribution in [3.8, 4) is 0 Å². The van der Waals surface area contributed by atoms with Crippen LogP contribution in [0.2, 0.25) is 0 Å². The van der Waals surface area contributed by atoms with E-state index in [-0.39, 0.29) is 0 Å². The van der Waals surface area contributed by atoms with Gasteiger partial charge in [0.05, 0.1) is 0 Å². The minimum Gasteiger partial charge on any atom is -0.304 e. The average molecular weight is 381 g/mol. The molecule has 0 aromatic carbocycles. The van der Waals surface area contributed by atoms with E-state index >= 15 is 0 Å². The van der Waals surface area contributed by atoms with E-state index in [0.29, 0.717) is 11.0 Å². The van der Waals surface area contributed by atoms with E-state index in [1.54, 1.807) is 0 Å². The molecule has 2 heteroatoms. The smallest absolute Gasteiger partial charge is 0.0161 e. The van der Waals surface area contributed by atoms with Gasteiger partial charge in [-0.3, -0.25) is 4.90 Å². The lowest BCUT2D eigenvalue weighted by molar-refractivity contribution is 0.0171. The highest BCUT2D eigenvalue weighted by Crippen LogP contribution is 2.45. The summed E-state index contributed by atoms with van der Waals surface area (Å²) < 4.78 is 0. The molecule has 0 radical (unpaired) electrons. The zero-order valence-corrected chi connectivity index (χ0v) is 20.4. The van der Waals surface area contributed by atoms with Gasteiger partial charge in [-0.15, -0.1) is 0 Å². The monoisotopic (exact) mass is 380 g/mol. The van der Waals surface area contributed by atoms with E-state index in [2.05, 4.69) is 58.3 Å². The molecule has 27 heavy (non-hydrogen) atoms. The van der Waals surface area contributed by atoms with Gasteiger partial charge in [0.1, 0.15) is 0 Å². The summed E-state index contributed by atoms with van der Waals surface area (Å²) >= 11 is 0. The van der Waals surface area contributed by atoms with Crippen molar-refractivity contribution in [2.75, 3.05) is 26.2 Å². The maximum absolute atomic E-state index is 2.90. The molecule has 162 valence electrons. The molecule has 0 saturated carbocycles. The molecule has 2 aliphatic heterocycles. The maximum atomic E-state index is 2.90.